The first-order chi connectivity index (χ1) is 8.24. The van der Waals surface area contributed by atoms with Gasteiger partial charge in [-0.3, -0.25) is 0 Å². The van der Waals surface area contributed by atoms with Crippen molar-refractivity contribution in [1.29, 1.82) is 0 Å². The van der Waals surface area contributed by atoms with Crippen LogP contribution in [0.15, 0.2) is 24.3 Å². The Morgan fingerprint density at radius 3 is 2.88 bits per heavy atom. The molecule has 1 fully saturated rings. The maximum absolute atomic E-state index is 12.7. The van der Waals surface area contributed by atoms with Gasteiger partial charge in [-0.15, -0.1) is 0 Å². The van der Waals surface area contributed by atoms with E-state index in [4.69, 9.17) is 4.74 Å². The third-order valence-electron chi connectivity index (χ3n) is 2.96. The Hall–Kier alpha value is -0.970. The standard InChI is InChI=1S/C13H19FN2O/c1-16-6-7-17-13(10-16)9-15-8-11-2-4-12(14)5-3-11/h2-5,13,15H,6-10H2,1H3/t13-/m0/s1. The smallest absolute Gasteiger partial charge is 0.123 e. The van der Waals surface area contributed by atoms with Gasteiger partial charge in [0.1, 0.15) is 5.82 Å². The lowest BCUT2D eigenvalue weighted by Crippen LogP contribution is -2.44. The molecule has 94 valence electrons. The summed E-state index contributed by atoms with van der Waals surface area (Å²) in [6.45, 7) is 4.37. The van der Waals surface area contributed by atoms with Gasteiger partial charge < -0.3 is 15.0 Å². The van der Waals surface area contributed by atoms with E-state index in [2.05, 4.69) is 17.3 Å². The number of ether oxygens (including phenoxy) is 1. The van der Waals surface area contributed by atoms with Crippen molar-refractivity contribution in [2.75, 3.05) is 33.3 Å². The molecule has 1 aromatic carbocycles. The van der Waals surface area contributed by atoms with Gasteiger partial charge in [0.2, 0.25) is 0 Å². The zero-order valence-corrected chi connectivity index (χ0v) is 10.2. The highest BCUT2D eigenvalue weighted by atomic mass is 19.1. The number of likely N-dealkylation sites (N-methyl/N-ethyl adjacent to an activating group) is 1. The molecular weight excluding hydrogens is 219 g/mol. The molecule has 1 N–H and O–H groups in total. The van der Waals surface area contributed by atoms with Crippen LogP contribution in [-0.2, 0) is 11.3 Å². The zero-order chi connectivity index (χ0) is 12.1. The summed E-state index contributed by atoms with van der Waals surface area (Å²) in [5.74, 6) is -0.189. The molecule has 0 spiro atoms. The molecule has 1 aliphatic heterocycles. The number of nitrogens with zero attached hydrogens (tertiary/aromatic N) is 1. The SMILES string of the molecule is CN1CCO[C@@H](CNCc2ccc(F)cc2)C1. The maximum atomic E-state index is 12.7. The normalized spacial score (nSPS) is 21.6. The van der Waals surface area contributed by atoms with Crippen LogP contribution >= 0.6 is 0 Å². The van der Waals surface area contributed by atoms with E-state index >= 15 is 0 Å². The van der Waals surface area contributed by atoms with Crippen LogP contribution in [0.4, 0.5) is 4.39 Å². The summed E-state index contributed by atoms with van der Waals surface area (Å²) in [6.07, 6.45) is 0.259. The van der Waals surface area contributed by atoms with E-state index in [1.807, 2.05) is 0 Å². The van der Waals surface area contributed by atoms with Crippen molar-refractivity contribution in [2.24, 2.45) is 0 Å². The number of nitrogens with one attached hydrogen (secondary N) is 1. The molecule has 1 heterocycles. The van der Waals surface area contributed by atoms with Gasteiger partial charge in [-0.25, -0.2) is 4.39 Å². The van der Waals surface area contributed by atoms with Gasteiger partial charge in [-0.05, 0) is 24.7 Å². The van der Waals surface area contributed by atoms with E-state index in [0.29, 0.717) is 0 Å². The number of hydrogen-bond donors (Lipinski definition) is 1. The summed E-state index contributed by atoms with van der Waals surface area (Å²) in [4.78, 5) is 2.27. The van der Waals surface area contributed by atoms with E-state index in [1.165, 1.54) is 12.1 Å². The van der Waals surface area contributed by atoms with Crippen molar-refractivity contribution >= 4 is 0 Å². The number of hydrogen-bond acceptors (Lipinski definition) is 3. The molecule has 2 rings (SSSR count). The first-order valence-corrected chi connectivity index (χ1v) is 5.99. The summed E-state index contributed by atoms with van der Waals surface area (Å²) < 4.78 is 18.3. The van der Waals surface area contributed by atoms with Crippen LogP contribution in [0.25, 0.3) is 0 Å². The molecule has 0 radical (unpaired) electrons. The van der Waals surface area contributed by atoms with E-state index in [1.54, 1.807) is 12.1 Å². The topological polar surface area (TPSA) is 24.5 Å². The van der Waals surface area contributed by atoms with Crippen LogP contribution in [0.2, 0.25) is 0 Å². The molecule has 0 amide bonds. The molecule has 0 aliphatic carbocycles. The second-order valence-electron chi connectivity index (χ2n) is 4.51. The average molecular weight is 238 g/mol. The molecule has 0 unspecified atom stereocenters. The summed E-state index contributed by atoms with van der Waals surface area (Å²) >= 11 is 0. The summed E-state index contributed by atoms with van der Waals surface area (Å²) in [5.41, 5.74) is 1.09. The van der Waals surface area contributed by atoms with Crippen molar-refractivity contribution in [3.05, 3.63) is 35.6 Å². The maximum Gasteiger partial charge on any atom is 0.123 e. The highest BCUT2D eigenvalue weighted by Crippen LogP contribution is 2.04. The average Bonchev–Trinajstić information content (AvgIpc) is 2.32. The first-order valence-electron chi connectivity index (χ1n) is 5.99. The van der Waals surface area contributed by atoms with E-state index < -0.39 is 0 Å². The van der Waals surface area contributed by atoms with Crippen LogP contribution in [0, 0.1) is 5.82 Å². The van der Waals surface area contributed by atoms with Crippen LogP contribution < -0.4 is 5.32 Å². The van der Waals surface area contributed by atoms with E-state index in [-0.39, 0.29) is 11.9 Å². The predicted molar refractivity (Wildman–Crippen MR) is 65.3 cm³/mol. The Morgan fingerprint density at radius 1 is 1.41 bits per heavy atom. The van der Waals surface area contributed by atoms with Gasteiger partial charge in [0.15, 0.2) is 0 Å². The predicted octanol–water partition coefficient (Wildman–Crippen LogP) is 1.25. The van der Waals surface area contributed by atoms with Crippen LogP contribution in [0.3, 0.4) is 0 Å². The highest BCUT2D eigenvalue weighted by Gasteiger charge is 2.16. The lowest BCUT2D eigenvalue weighted by molar-refractivity contribution is -0.0182. The fourth-order valence-corrected chi connectivity index (χ4v) is 1.97. The molecular formula is C13H19FN2O. The lowest BCUT2D eigenvalue weighted by Gasteiger charge is -2.30. The van der Waals surface area contributed by atoms with Gasteiger partial charge >= 0.3 is 0 Å². The largest absolute Gasteiger partial charge is 0.374 e. The second kappa shape index (κ2) is 6.10. The van der Waals surface area contributed by atoms with E-state index in [0.717, 1.165) is 38.3 Å². The minimum Gasteiger partial charge on any atom is -0.374 e. The third kappa shape index (κ3) is 4.07. The van der Waals surface area contributed by atoms with Crippen molar-refractivity contribution in [3.63, 3.8) is 0 Å². The van der Waals surface area contributed by atoms with E-state index in [9.17, 15) is 4.39 Å². The van der Waals surface area contributed by atoms with Crippen LogP contribution in [0.5, 0.6) is 0 Å². The quantitative estimate of drug-likeness (QED) is 0.854. The minimum atomic E-state index is -0.189. The first kappa shape index (κ1) is 12.5. The molecule has 1 atom stereocenters. The van der Waals surface area contributed by atoms with Crippen molar-refractivity contribution in [2.45, 2.75) is 12.6 Å². The van der Waals surface area contributed by atoms with Crippen LogP contribution in [-0.4, -0.2) is 44.3 Å². The Kier molecular flexibility index (Phi) is 4.48. The molecule has 1 saturated heterocycles. The van der Waals surface area contributed by atoms with Gasteiger partial charge in [0, 0.05) is 26.2 Å². The Morgan fingerprint density at radius 2 is 2.18 bits per heavy atom. The fraction of sp³-hybridized carbons (Fsp3) is 0.538. The summed E-state index contributed by atoms with van der Waals surface area (Å²) in [7, 11) is 2.11. The number of rotatable bonds is 4. The molecule has 0 aromatic heterocycles. The van der Waals surface area contributed by atoms with Crippen molar-refractivity contribution in [3.8, 4) is 0 Å². The van der Waals surface area contributed by atoms with Gasteiger partial charge in [0.25, 0.3) is 0 Å². The van der Waals surface area contributed by atoms with Gasteiger partial charge in [-0.2, -0.15) is 0 Å². The third-order valence-corrected chi connectivity index (χ3v) is 2.96. The second-order valence-corrected chi connectivity index (χ2v) is 4.51. The number of morpholine rings is 1. The van der Waals surface area contributed by atoms with Gasteiger partial charge in [-0.1, -0.05) is 12.1 Å². The molecule has 0 bridgehead atoms. The monoisotopic (exact) mass is 238 g/mol. The molecule has 3 nitrogen and oxygen atoms in total. The Balaban J connectivity index is 1.70. The number of halogens is 1. The summed E-state index contributed by atoms with van der Waals surface area (Å²) in [6, 6.07) is 6.58. The lowest BCUT2D eigenvalue weighted by atomic mass is 10.2. The highest BCUT2D eigenvalue weighted by molar-refractivity contribution is 5.15. The van der Waals surface area contributed by atoms with Gasteiger partial charge in [0.05, 0.1) is 12.7 Å². The minimum absolute atomic E-state index is 0.189. The Bertz CT molecular complexity index is 342. The van der Waals surface area contributed by atoms with Crippen LogP contribution in [0.1, 0.15) is 5.56 Å². The fourth-order valence-electron chi connectivity index (χ4n) is 1.97. The molecule has 1 aliphatic rings. The van der Waals surface area contributed by atoms with Crippen molar-refractivity contribution < 1.29 is 9.13 Å². The molecule has 1 aromatic rings. The van der Waals surface area contributed by atoms with Crippen molar-refractivity contribution in [1.82, 2.24) is 10.2 Å². The zero-order valence-electron chi connectivity index (χ0n) is 10.2. The summed E-state index contributed by atoms with van der Waals surface area (Å²) in [5, 5.41) is 3.34. The Labute approximate surface area is 102 Å². The molecule has 4 heteroatoms. The molecule has 17 heavy (non-hydrogen) atoms. The molecule has 0 saturated carbocycles. The number of benzene rings is 1.